The Balaban J connectivity index is 1.14. The number of fused-ring (bicyclic) bond motifs is 2. The molecule has 0 aliphatic carbocycles. The largest absolute Gasteiger partial charge is 0.340 e. The van der Waals surface area contributed by atoms with E-state index >= 15 is 0 Å². The number of likely N-dealkylation sites (tertiary alicyclic amines) is 1. The lowest BCUT2D eigenvalue weighted by atomic mass is 9.92. The van der Waals surface area contributed by atoms with E-state index < -0.39 is 23.9 Å². The van der Waals surface area contributed by atoms with Crippen LogP contribution in [-0.2, 0) is 15.5 Å². The number of carbonyl (C=O) groups is 3. The van der Waals surface area contributed by atoms with Gasteiger partial charge in [0.2, 0.25) is 11.8 Å². The zero-order valence-electron chi connectivity index (χ0n) is 21.6. The van der Waals surface area contributed by atoms with Crippen LogP contribution < -0.4 is 5.32 Å². The maximum Gasteiger partial charge on any atom is 0.270 e. The normalized spacial score (nSPS) is 23.9. The number of amides is 3. The van der Waals surface area contributed by atoms with Crippen molar-refractivity contribution in [3.05, 3.63) is 64.8 Å². The topological polar surface area (TPSA) is 82.6 Å². The summed E-state index contributed by atoms with van der Waals surface area (Å²) >= 11 is 1.21. The molecule has 204 valence electrons. The monoisotopic (exact) mass is 552 g/mol. The smallest absolute Gasteiger partial charge is 0.270 e. The Hall–Kier alpha value is -3.40. The van der Waals surface area contributed by atoms with E-state index in [0.29, 0.717) is 36.2 Å². The summed E-state index contributed by atoms with van der Waals surface area (Å²) in [6.07, 6.45) is 7.05. The molecule has 3 amide bonds. The number of pyridine rings is 1. The van der Waals surface area contributed by atoms with Gasteiger partial charge < -0.3 is 15.1 Å². The van der Waals surface area contributed by atoms with Crippen LogP contribution in [0.4, 0.5) is 8.78 Å². The molecule has 2 aromatic heterocycles. The summed E-state index contributed by atoms with van der Waals surface area (Å²) in [6, 6.07) is 8.65. The highest BCUT2D eigenvalue weighted by atomic mass is 32.1. The average molecular weight is 553 g/mol. The van der Waals surface area contributed by atoms with Gasteiger partial charge in [0.25, 0.3) is 11.8 Å². The first-order valence-corrected chi connectivity index (χ1v) is 14.2. The second-order valence-corrected chi connectivity index (χ2v) is 12.0. The summed E-state index contributed by atoms with van der Waals surface area (Å²) in [7, 11) is 0. The minimum absolute atomic E-state index is 0.00204. The SMILES string of the molecule is CC(F)(F)c1ccc2sc(C(=O)NC3CCCC4CC[C@@H](C(=O)N5CC(c6cccnc6)C5)N4C3=O)cc2c1. The van der Waals surface area contributed by atoms with Crippen LogP contribution in [0.1, 0.15) is 65.7 Å². The van der Waals surface area contributed by atoms with Crippen molar-refractivity contribution in [3.63, 3.8) is 0 Å². The van der Waals surface area contributed by atoms with E-state index in [1.54, 1.807) is 23.2 Å². The molecule has 2 unspecified atom stereocenters. The van der Waals surface area contributed by atoms with Crippen molar-refractivity contribution in [2.75, 3.05) is 13.1 Å². The lowest BCUT2D eigenvalue weighted by Crippen LogP contribution is -2.58. The number of thiophene rings is 1. The number of alkyl halides is 2. The fraction of sp³-hybridized carbons (Fsp3) is 0.448. The van der Waals surface area contributed by atoms with Crippen LogP contribution in [0.15, 0.2) is 48.8 Å². The Labute approximate surface area is 229 Å². The van der Waals surface area contributed by atoms with Crippen LogP contribution in [0.3, 0.4) is 0 Å². The summed E-state index contributed by atoms with van der Waals surface area (Å²) in [5.74, 6) is -3.35. The second-order valence-electron chi connectivity index (χ2n) is 10.9. The summed E-state index contributed by atoms with van der Waals surface area (Å²) < 4.78 is 28.2. The molecular formula is C29H30F2N4O3S. The van der Waals surface area contributed by atoms with E-state index in [9.17, 15) is 23.2 Å². The van der Waals surface area contributed by atoms with E-state index in [0.717, 1.165) is 36.4 Å². The molecule has 7 nitrogen and oxygen atoms in total. The fourth-order valence-corrected chi connectivity index (χ4v) is 7.04. The number of nitrogens with zero attached hydrogens (tertiary/aromatic N) is 3. The van der Waals surface area contributed by atoms with Gasteiger partial charge in [0.05, 0.1) is 4.88 Å². The minimum atomic E-state index is -2.97. The minimum Gasteiger partial charge on any atom is -0.340 e. The van der Waals surface area contributed by atoms with Gasteiger partial charge in [0, 0.05) is 54.6 Å². The Bertz CT molecular complexity index is 1420. The number of rotatable bonds is 5. The van der Waals surface area contributed by atoms with Gasteiger partial charge in [-0.2, -0.15) is 0 Å². The second kappa shape index (κ2) is 9.97. The third-order valence-electron chi connectivity index (χ3n) is 8.27. The molecule has 3 fully saturated rings. The fourth-order valence-electron chi connectivity index (χ4n) is 6.09. The summed E-state index contributed by atoms with van der Waals surface area (Å²) in [4.78, 5) is 48.4. The average Bonchev–Trinajstić information content (AvgIpc) is 3.47. The van der Waals surface area contributed by atoms with E-state index in [-0.39, 0.29) is 29.3 Å². The van der Waals surface area contributed by atoms with Crippen LogP contribution in [-0.4, -0.2) is 63.7 Å². The molecule has 1 aromatic carbocycles. The zero-order chi connectivity index (χ0) is 27.3. The summed E-state index contributed by atoms with van der Waals surface area (Å²) in [5, 5.41) is 3.46. The molecule has 3 aliphatic heterocycles. The number of halogens is 2. The highest BCUT2D eigenvalue weighted by molar-refractivity contribution is 7.20. The highest BCUT2D eigenvalue weighted by Crippen LogP contribution is 2.36. The van der Waals surface area contributed by atoms with Crippen molar-refractivity contribution < 1.29 is 23.2 Å². The van der Waals surface area contributed by atoms with E-state index in [4.69, 9.17) is 0 Å². The first-order chi connectivity index (χ1) is 18.7. The van der Waals surface area contributed by atoms with Gasteiger partial charge in [-0.05, 0) is 67.3 Å². The third kappa shape index (κ3) is 4.90. The van der Waals surface area contributed by atoms with Gasteiger partial charge in [-0.3, -0.25) is 19.4 Å². The van der Waals surface area contributed by atoms with Gasteiger partial charge in [0.1, 0.15) is 12.1 Å². The molecule has 3 atom stereocenters. The maximum absolute atomic E-state index is 13.8. The number of hydrogen-bond donors (Lipinski definition) is 1. The number of nitrogens with one attached hydrogen (secondary N) is 1. The molecule has 39 heavy (non-hydrogen) atoms. The molecule has 10 heteroatoms. The summed E-state index contributed by atoms with van der Waals surface area (Å²) in [6.45, 7) is 2.08. The first-order valence-electron chi connectivity index (χ1n) is 13.4. The molecule has 3 saturated heterocycles. The van der Waals surface area contributed by atoms with Crippen molar-refractivity contribution in [2.45, 2.75) is 69.0 Å². The molecule has 5 heterocycles. The van der Waals surface area contributed by atoms with Gasteiger partial charge in [-0.1, -0.05) is 12.1 Å². The Morgan fingerprint density at radius 1 is 1.10 bits per heavy atom. The summed E-state index contributed by atoms with van der Waals surface area (Å²) in [5.41, 5.74) is 1.00. The molecule has 0 radical (unpaired) electrons. The quantitative estimate of drug-likeness (QED) is 0.499. The predicted octanol–water partition coefficient (Wildman–Crippen LogP) is 4.68. The molecule has 0 spiro atoms. The van der Waals surface area contributed by atoms with Crippen LogP contribution in [0, 0.1) is 0 Å². The van der Waals surface area contributed by atoms with Crippen molar-refractivity contribution in [3.8, 4) is 0 Å². The van der Waals surface area contributed by atoms with Gasteiger partial charge in [-0.15, -0.1) is 11.3 Å². The molecule has 0 saturated carbocycles. The first kappa shape index (κ1) is 25.9. The molecule has 6 rings (SSSR count). The number of benzene rings is 1. The van der Waals surface area contributed by atoms with Gasteiger partial charge in [-0.25, -0.2) is 8.78 Å². The lowest BCUT2D eigenvalue weighted by molar-refractivity contribution is -0.148. The number of carbonyl (C=O) groups excluding carboxylic acids is 3. The van der Waals surface area contributed by atoms with Crippen LogP contribution in [0.2, 0.25) is 0 Å². The predicted molar refractivity (Wildman–Crippen MR) is 144 cm³/mol. The Morgan fingerprint density at radius 2 is 1.92 bits per heavy atom. The maximum atomic E-state index is 13.8. The van der Waals surface area contributed by atoms with Crippen molar-refractivity contribution in [2.24, 2.45) is 0 Å². The number of aromatic nitrogens is 1. The molecule has 3 aromatic rings. The van der Waals surface area contributed by atoms with Crippen molar-refractivity contribution in [1.82, 2.24) is 20.1 Å². The zero-order valence-corrected chi connectivity index (χ0v) is 22.4. The van der Waals surface area contributed by atoms with E-state index in [1.807, 2.05) is 23.2 Å². The van der Waals surface area contributed by atoms with Crippen molar-refractivity contribution in [1.29, 1.82) is 0 Å². The Morgan fingerprint density at radius 3 is 2.67 bits per heavy atom. The molecule has 3 aliphatic rings. The lowest BCUT2D eigenvalue weighted by Gasteiger charge is -2.42. The van der Waals surface area contributed by atoms with Crippen LogP contribution in [0.25, 0.3) is 10.1 Å². The molecule has 1 N–H and O–H groups in total. The van der Waals surface area contributed by atoms with E-state index in [2.05, 4.69) is 10.3 Å². The van der Waals surface area contributed by atoms with Crippen LogP contribution >= 0.6 is 11.3 Å². The molecular weight excluding hydrogens is 522 g/mol. The van der Waals surface area contributed by atoms with Gasteiger partial charge in [0.15, 0.2) is 0 Å². The standard InChI is InChI=1S/C29H30F2N4O3S/c1-29(30,31)20-7-10-24-18(12-20)13-25(39-24)26(36)33-22-6-2-5-21-8-9-23(35(21)27(22)37)28(38)34-15-19(16-34)17-4-3-11-32-14-17/h3-4,7,10-14,19,21-23H,2,5-6,8-9,15-16H2,1H3,(H,33,36)/t21?,22?,23-/m0/s1. The van der Waals surface area contributed by atoms with Crippen molar-refractivity contribution >= 4 is 39.1 Å². The van der Waals surface area contributed by atoms with Crippen LogP contribution in [0.5, 0.6) is 0 Å². The highest BCUT2D eigenvalue weighted by Gasteiger charge is 2.47. The Kier molecular flexibility index (Phi) is 6.61. The number of hydrogen-bond acceptors (Lipinski definition) is 5. The third-order valence-corrected chi connectivity index (χ3v) is 9.39. The van der Waals surface area contributed by atoms with Gasteiger partial charge >= 0.3 is 0 Å². The van der Waals surface area contributed by atoms with E-state index in [1.165, 1.54) is 23.5 Å². The molecule has 0 bridgehead atoms.